The summed E-state index contributed by atoms with van der Waals surface area (Å²) in [4.78, 5) is 7.25. The topological polar surface area (TPSA) is 14.7 Å². The van der Waals surface area contributed by atoms with Gasteiger partial charge in [-0.05, 0) is 108 Å². The van der Waals surface area contributed by atoms with Gasteiger partial charge in [0.1, 0.15) is 0 Å². The molecule has 0 unspecified atom stereocenters. The van der Waals surface area contributed by atoms with Gasteiger partial charge in [-0.2, -0.15) is 0 Å². The van der Waals surface area contributed by atoms with Crippen molar-refractivity contribution >= 4 is 73.0 Å². The molecule has 292 valence electrons. The van der Waals surface area contributed by atoms with Crippen molar-refractivity contribution in [2.45, 2.75) is 19.3 Å². The van der Waals surface area contributed by atoms with E-state index in [2.05, 4.69) is 264 Å². The van der Waals surface area contributed by atoms with E-state index in [1.165, 1.54) is 33.3 Å². The SMILES string of the molecule is CC1(C)c2ccccc2N(c2ccc3c(c2)c2ccccc2n3-c2c(N(c3ccccc3)c3ccccc3)cccc2N(c2ccccc2)c2ccccc2)c2ccccc21. The normalized spacial score (nSPS) is 12.9. The fourth-order valence-corrected chi connectivity index (χ4v) is 9.56. The quantitative estimate of drug-likeness (QED) is 0.153. The second kappa shape index (κ2) is 14.8. The number of para-hydroxylation sites is 8. The Bertz CT molecular complexity index is 2940. The summed E-state index contributed by atoms with van der Waals surface area (Å²) in [5.41, 5.74) is 15.8. The van der Waals surface area contributed by atoms with Crippen LogP contribution in [0.4, 0.5) is 51.2 Å². The van der Waals surface area contributed by atoms with Crippen molar-refractivity contribution in [1.82, 2.24) is 4.57 Å². The van der Waals surface area contributed by atoms with Crippen LogP contribution < -0.4 is 14.7 Å². The van der Waals surface area contributed by atoms with E-state index < -0.39 is 0 Å². The molecular formula is C57H44N4. The van der Waals surface area contributed by atoms with Crippen LogP contribution >= 0.6 is 0 Å². The molecule has 0 radical (unpaired) electrons. The first kappa shape index (κ1) is 36.3. The summed E-state index contributed by atoms with van der Waals surface area (Å²) in [7, 11) is 0. The number of fused-ring (bicyclic) bond motifs is 5. The summed E-state index contributed by atoms with van der Waals surface area (Å²) in [6.45, 7) is 4.69. The van der Waals surface area contributed by atoms with Crippen molar-refractivity contribution in [2.75, 3.05) is 14.7 Å². The van der Waals surface area contributed by atoms with Crippen LogP contribution in [0.25, 0.3) is 27.5 Å². The first-order chi connectivity index (χ1) is 30.1. The molecule has 0 atom stereocenters. The van der Waals surface area contributed by atoms with E-state index in [-0.39, 0.29) is 5.41 Å². The third-order valence-corrected chi connectivity index (χ3v) is 12.3. The third kappa shape index (κ3) is 5.98. The average Bonchev–Trinajstić information content (AvgIpc) is 3.64. The molecule has 11 rings (SSSR count). The highest BCUT2D eigenvalue weighted by atomic mass is 15.2. The molecule has 0 amide bonds. The minimum atomic E-state index is -0.142. The Morgan fingerprint density at radius 1 is 0.361 bits per heavy atom. The molecule has 1 aromatic heterocycles. The van der Waals surface area contributed by atoms with Crippen LogP contribution in [0.3, 0.4) is 0 Å². The number of hydrogen-bond acceptors (Lipinski definition) is 3. The van der Waals surface area contributed by atoms with Gasteiger partial charge in [0, 0.05) is 44.6 Å². The molecule has 61 heavy (non-hydrogen) atoms. The molecule has 1 aliphatic heterocycles. The van der Waals surface area contributed by atoms with E-state index >= 15 is 0 Å². The highest BCUT2D eigenvalue weighted by Gasteiger charge is 2.37. The molecule has 0 N–H and O–H groups in total. The van der Waals surface area contributed by atoms with E-state index in [4.69, 9.17) is 0 Å². The van der Waals surface area contributed by atoms with E-state index in [9.17, 15) is 0 Å². The number of aromatic nitrogens is 1. The number of nitrogens with zero attached hydrogens (tertiary/aromatic N) is 4. The molecule has 0 saturated carbocycles. The summed E-state index contributed by atoms with van der Waals surface area (Å²) < 4.78 is 2.50. The molecule has 4 heteroatoms. The van der Waals surface area contributed by atoms with E-state index in [1.54, 1.807) is 0 Å². The van der Waals surface area contributed by atoms with Crippen LogP contribution in [0.1, 0.15) is 25.0 Å². The maximum atomic E-state index is 2.50. The maximum absolute atomic E-state index is 2.50. The molecule has 0 aliphatic carbocycles. The number of anilines is 9. The van der Waals surface area contributed by atoms with E-state index in [0.717, 1.165) is 56.5 Å². The van der Waals surface area contributed by atoms with Gasteiger partial charge in [0.2, 0.25) is 0 Å². The van der Waals surface area contributed by atoms with Gasteiger partial charge in [-0.25, -0.2) is 0 Å². The van der Waals surface area contributed by atoms with Crippen LogP contribution in [0, 0.1) is 0 Å². The van der Waals surface area contributed by atoms with Gasteiger partial charge in [0.25, 0.3) is 0 Å². The molecule has 10 aromatic rings. The Balaban J connectivity index is 1.23. The molecule has 4 nitrogen and oxygen atoms in total. The van der Waals surface area contributed by atoms with Crippen LogP contribution in [0.5, 0.6) is 0 Å². The first-order valence-electron chi connectivity index (χ1n) is 21.0. The lowest BCUT2D eigenvalue weighted by Gasteiger charge is -2.42. The summed E-state index contributed by atoms with van der Waals surface area (Å²) in [5, 5.41) is 2.38. The second-order valence-corrected chi connectivity index (χ2v) is 16.2. The van der Waals surface area contributed by atoms with Gasteiger partial charge in [0.05, 0.1) is 39.5 Å². The zero-order chi connectivity index (χ0) is 40.9. The molecule has 0 spiro atoms. The van der Waals surface area contributed by atoms with Crippen LogP contribution in [0.15, 0.2) is 231 Å². The Kier molecular flexibility index (Phi) is 8.79. The predicted molar refractivity (Wildman–Crippen MR) is 257 cm³/mol. The Labute approximate surface area is 357 Å². The van der Waals surface area contributed by atoms with Crippen molar-refractivity contribution in [2.24, 2.45) is 0 Å². The number of benzene rings is 9. The van der Waals surface area contributed by atoms with Crippen LogP contribution in [-0.2, 0) is 5.41 Å². The van der Waals surface area contributed by atoms with E-state index in [1.807, 2.05) is 0 Å². The van der Waals surface area contributed by atoms with Crippen molar-refractivity contribution in [3.05, 3.63) is 242 Å². The molecule has 9 aromatic carbocycles. The Morgan fingerprint density at radius 2 is 0.770 bits per heavy atom. The zero-order valence-corrected chi connectivity index (χ0v) is 34.2. The minimum absolute atomic E-state index is 0.142. The molecular weight excluding hydrogens is 741 g/mol. The average molecular weight is 785 g/mol. The Hall–Kier alpha value is -7.82. The fraction of sp³-hybridized carbons (Fsp3) is 0.0526. The summed E-state index contributed by atoms with van der Waals surface area (Å²) >= 11 is 0. The maximum Gasteiger partial charge on any atom is 0.0946 e. The first-order valence-corrected chi connectivity index (χ1v) is 21.0. The molecule has 0 saturated heterocycles. The third-order valence-electron chi connectivity index (χ3n) is 12.3. The number of rotatable bonds is 8. The van der Waals surface area contributed by atoms with Gasteiger partial charge >= 0.3 is 0 Å². The van der Waals surface area contributed by atoms with Crippen molar-refractivity contribution in [3.63, 3.8) is 0 Å². The molecule has 2 heterocycles. The lowest BCUT2D eigenvalue weighted by molar-refractivity contribution is 0.632. The fourth-order valence-electron chi connectivity index (χ4n) is 9.56. The highest BCUT2D eigenvalue weighted by molar-refractivity contribution is 6.12. The van der Waals surface area contributed by atoms with Crippen LogP contribution in [-0.4, -0.2) is 4.57 Å². The largest absolute Gasteiger partial charge is 0.310 e. The van der Waals surface area contributed by atoms with Gasteiger partial charge in [-0.1, -0.05) is 147 Å². The molecule has 1 aliphatic rings. The summed E-state index contributed by atoms with van der Waals surface area (Å²) in [6, 6.07) is 83.3. The van der Waals surface area contributed by atoms with E-state index in [0.29, 0.717) is 0 Å². The van der Waals surface area contributed by atoms with Gasteiger partial charge in [-0.3, -0.25) is 0 Å². The predicted octanol–water partition coefficient (Wildman–Crippen LogP) is 15.8. The Morgan fingerprint density at radius 3 is 1.26 bits per heavy atom. The minimum Gasteiger partial charge on any atom is -0.310 e. The number of hydrogen-bond donors (Lipinski definition) is 0. The second-order valence-electron chi connectivity index (χ2n) is 16.2. The molecule has 0 fully saturated rings. The van der Waals surface area contributed by atoms with Gasteiger partial charge in [-0.15, -0.1) is 0 Å². The smallest absolute Gasteiger partial charge is 0.0946 e. The van der Waals surface area contributed by atoms with Crippen LogP contribution in [0.2, 0.25) is 0 Å². The van der Waals surface area contributed by atoms with Crippen molar-refractivity contribution in [3.8, 4) is 5.69 Å². The van der Waals surface area contributed by atoms with Gasteiger partial charge < -0.3 is 19.3 Å². The zero-order valence-electron chi connectivity index (χ0n) is 34.2. The van der Waals surface area contributed by atoms with Crippen molar-refractivity contribution < 1.29 is 0 Å². The standard InChI is InChI=1S/C57H44N4/c1-57(2)48-31-16-19-34-52(48)60(53-35-20-17-32-49(53)57)45-38-39-51-47(40-45)46-30-15-18-33-50(46)61(51)56-54(58(41-22-7-3-8-23-41)42-24-9-4-10-25-42)36-21-37-55(56)59(43-26-11-5-12-27-43)44-28-13-6-14-29-44/h3-40H,1-2H3. The monoisotopic (exact) mass is 784 g/mol. The lowest BCUT2D eigenvalue weighted by Crippen LogP contribution is -2.30. The summed E-state index contributed by atoms with van der Waals surface area (Å²) in [6.07, 6.45) is 0. The lowest BCUT2D eigenvalue weighted by atomic mass is 9.73. The molecule has 0 bridgehead atoms. The van der Waals surface area contributed by atoms with Gasteiger partial charge in [0.15, 0.2) is 0 Å². The highest BCUT2D eigenvalue weighted by Crippen LogP contribution is 2.53. The summed E-state index contributed by atoms with van der Waals surface area (Å²) in [5.74, 6) is 0. The van der Waals surface area contributed by atoms with Crippen molar-refractivity contribution in [1.29, 1.82) is 0 Å².